The summed E-state index contributed by atoms with van der Waals surface area (Å²) in [5.41, 5.74) is 4.98. The predicted molar refractivity (Wildman–Crippen MR) is 204 cm³/mol. The van der Waals surface area contributed by atoms with Gasteiger partial charge in [0.25, 0.3) is 5.91 Å². The molecule has 0 radical (unpaired) electrons. The maximum Gasteiger partial charge on any atom is 0.351 e. The summed E-state index contributed by atoms with van der Waals surface area (Å²) >= 11 is 0. The van der Waals surface area contributed by atoms with Gasteiger partial charge in [-0.2, -0.15) is 9.97 Å². The Balaban J connectivity index is 0.000000173. The Kier molecular flexibility index (Phi) is 15.0. The molecule has 2 aromatic heterocycles. The highest BCUT2D eigenvalue weighted by molar-refractivity contribution is 6.03. The lowest BCUT2D eigenvalue weighted by atomic mass is 10.1. The van der Waals surface area contributed by atoms with E-state index in [4.69, 9.17) is 30.2 Å². The van der Waals surface area contributed by atoms with Crippen LogP contribution in [-0.4, -0.2) is 117 Å². The summed E-state index contributed by atoms with van der Waals surface area (Å²) in [4.78, 5) is 66.1. The van der Waals surface area contributed by atoms with Gasteiger partial charge in [0.2, 0.25) is 0 Å². The largest absolute Gasteiger partial charge is 0.394 e. The molecular formula is C39H40N6O14. The molecular weight excluding hydrogens is 776 g/mol. The molecule has 8 atom stereocenters. The Labute approximate surface area is 334 Å². The second-order valence-corrected chi connectivity index (χ2v) is 12.7. The van der Waals surface area contributed by atoms with Gasteiger partial charge in [-0.1, -0.05) is 54.6 Å². The normalized spacial score (nSPS) is 23.2. The van der Waals surface area contributed by atoms with Crippen molar-refractivity contribution < 1.29 is 59.2 Å². The first kappa shape index (κ1) is 43.6. The Bertz CT molecular complexity index is 2250. The van der Waals surface area contributed by atoms with Crippen molar-refractivity contribution in [2.75, 3.05) is 24.3 Å². The fourth-order valence-corrected chi connectivity index (χ4v) is 5.64. The van der Waals surface area contributed by atoms with Gasteiger partial charge in [-0.25, -0.2) is 19.2 Å². The van der Waals surface area contributed by atoms with Gasteiger partial charge in [-0.3, -0.25) is 13.9 Å². The van der Waals surface area contributed by atoms with Gasteiger partial charge in [-0.05, 0) is 48.5 Å². The van der Waals surface area contributed by atoms with E-state index in [1.54, 1.807) is 91.0 Å². The van der Waals surface area contributed by atoms with Crippen LogP contribution in [0.1, 0.15) is 43.5 Å². The van der Waals surface area contributed by atoms with Crippen molar-refractivity contribution in [2.45, 2.75) is 49.1 Å². The zero-order valence-corrected chi connectivity index (χ0v) is 30.8. The number of anilines is 2. The van der Waals surface area contributed by atoms with Crippen molar-refractivity contribution in [2.24, 2.45) is 0 Å². The summed E-state index contributed by atoms with van der Waals surface area (Å²) in [7, 11) is 0. The highest BCUT2D eigenvalue weighted by atomic mass is 16.6. The van der Waals surface area contributed by atoms with Crippen molar-refractivity contribution >= 4 is 29.5 Å². The number of hydrogen-bond acceptors (Lipinski definition) is 17. The highest BCUT2D eigenvalue weighted by Crippen LogP contribution is 2.29. The van der Waals surface area contributed by atoms with E-state index in [0.29, 0.717) is 16.7 Å². The maximum absolute atomic E-state index is 12.2. The van der Waals surface area contributed by atoms with E-state index in [1.807, 2.05) is 0 Å². The summed E-state index contributed by atoms with van der Waals surface area (Å²) in [5, 5.41) is 59.5. The number of nitrogens with two attached hydrogens (primary N) is 1. The number of benzene rings is 3. The molecule has 2 fully saturated rings. The summed E-state index contributed by atoms with van der Waals surface area (Å²) < 4.78 is 17.2. The smallest absolute Gasteiger partial charge is 0.351 e. The minimum atomic E-state index is -1.39. The number of rotatable bonds is 8. The molecule has 0 aliphatic carbocycles. The Hall–Kier alpha value is -6.49. The Morgan fingerprint density at radius 3 is 1.41 bits per heavy atom. The average Bonchev–Trinajstić information content (AvgIpc) is 3.70. The number of aliphatic hydroxyl groups is 6. The van der Waals surface area contributed by atoms with E-state index < -0.39 is 91.5 Å². The second kappa shape index (κ2) is 20.3. The number of aromatic nitrogens is 4. The lowest BCUT2D eigenvalue weighted by Crippen LogP contribution is -2.36. The molecule has 7 rings (SSSR count). The number of nitrogens with zero attached hydrogens (tertiary/aromatic N) is 4. The molecule has 0 saturated carbocycles. The molecule has 2 unspecified atom stereocenters. The third-order valence-electron chi connectivity index (χ3n) is 8.75. The number of carbonyl (C=O) groups is 3. The van der Waals surface area contributed by atoms with Crippen LogP contribution in [0.25, 0.3) is 0 Å². The number of nitrogens with one attached hydrogen (secondary N) is 1. The van der Waals surface area contributed by atoms with Crippen LogP contribution in [0.15, 0.2) is 125 Å². The van der Waals surface area contributed by atoms with Crippen LogP contribution in [0, 0.1) is 0 Å². The van der Waals surface area contributed by atoms with E-state index in [1.165, 1.54) is 24.5 Å². The van der Waals surface area contributed by atoms with Crippen molar-refractivity contribution in [1.29, 1.82) is 0 Å². The van der Waals surface area contributed by atoms with Gasteiger partial charge < -0.3 is 55.9 Å². The van der Waals surface area contributed by atoms with Crippen LogP contribution in [0.4, 0.5) is 11.6 Å². The molecule has 9 N–H and O–H groups in total. The average molecular weight is 817 g/mol. The number of nitrogen functional groups attached to an aromatic ring is 1. The lowest BCUT2D eigenvalue weighted by Gasteiger charge is -2.17. The third-order valence-corrected chi connectivity index (χ3v) is 8.75. The molecule has 59 heavy (non-hydrogen) atoms. The Morgan fingerprint density at radius 2 is 1.02 bits per heavy atom. The molecule has 4 heterocycles. The van der Waals surface area contributed by atoms with Crippen LogP contribution in [0.5, 0.6) is 0 Å². The molecule has 2 aliphatic rings. The van der Waals surface area contributed by atoms with E-state index in [9.17, 15) is 44.4 Å². The standard InChI is InChI=1S/C16H17N3O6.C14H10O3.C9H13N3O5/c20-8-10-12(21)13(22)15(25-10)19-7-6-11(18-16(19)24)17-14(23)9-4-2-1-3-5-9;15-13(11-7-3-1-4-8-11)17-14(16)12-9-5-2-6-10-12;10-5-1-2-12(9(16)11-5)8-7(15)6(14)4(3-13)17-8/h1-7,10,12-13,15,20-22H,8H2,(H,17,18,23,24);1-10H;1-2,4,6-8,13-15H,3H2,(H2,10,11,16)/t10-,12+,13?,15-;;4-,6+,7?,8-/m1.1/s1. The SMILES string of the molecule is Nc1ccn([C@@H]2O[C@H](CO)[C@H](O)C2O)c(=O)n1.O=C(Nc1ccn([C@@H]2O[C@H](CO)[C@H](O)C2O)c(=O)n1)c1ccccc1.O=C(OC(=O)c1ccccc1)c1ccccc1. The van der Waals surface area contributed by atoms with Gasteiger partial charge in [0.15, 0.2) is 12.5 Å². The first-order chi connectivity index (χ1) is 28.3. The van der Waals surface area contributed by atoms with E-state index in [2.05, 4.69) is 15.3 Å². The molecule has 2 aliphatic heterocycles. The van der Waals surface area contributed by atoms with Crippen LogP contribution in [0.2, 0.25) is 0 Å². The fourth-order valence-electron chi connectivity index (χ4n) is 5.64. The minimum Gasteiger partial charge on any atom is -0.394 e. The van der Waals surface area contributed by atoms with Gasteiger partial charge in [0.05, 0.1) is 24.3 Å². The van der Waals surface area contributed by atoms with Crippen LogP contribution in [0.3, 0.4) is 0 Å². The zero-order chi connectivity index (χ0) is 42.6. The topological polar surface area (TPSA) is 308 Å². The second-order valence-electron chi connectivity index (χ2n) is 12.7. The third kappa shape index (κ3) is 10.9. The number of ether oxygens (including phenoxy) is 3. The Morgan fingerprint density at radius 1 is 0.610 bits per heavy atom. The number of aliphatic hydroxyl groups excluding tert-OH is 6. The summed E-state index contributed by atoms with van der Waals surface area (Å²) in [6.07, 6.45) is -6.86. The molecule has 2 saturated heterocycles. The molecule has 0 spiro atoms. The lowest BCUT2D eigenvalue weighted by molar-refractivity contribution is -0.0549. The number of esters is 2. The molecule has 0 bridgehead atoms. The summed E-state index contributed by atoms with van der Waals surface area (Å²) in [6, 6.07) is 28.0. The number of hydrogen-bond donors (Lipinski definition) is 8. The summed E-state index contributed by atoms with van der Waals surface area (Å²) in [6.45, 7) is -0.950. The van der Waals surface area contributed by atoms with E-state index in [-0.39, 0.29) is 11.6 Å². The quantitative estimate of drug-likeness (QED) is 0.0704. The van der Waals surface area contributed by atoms with Crippen LogP contribution in [-0.2, 0) is 14.2 Å². The molecule has 20 heteroatoms. The van der Waals surface area contributed by atoms with Crippen molar-refractivity contribution in [1.82, 2.24) is 19.1 Å². The molecule has 310 valence electrons. The molecule has 1 amide bonds. The maximum atomic E-state index is 12.2. The van der Waals surface area contributed by atoms with Gasteiger partial charge >= 0.3 is 23.3 Å². The summed E-state index contributed by atoms with van der Waals surface area (Å²) in [5.74, 6) is -1.60. The first-order valence-electron chi connectivity index (χ1n) is 17.7. The predicted octanol–water partition coefficient (Wildman–Crippen LogP) is -0.772. The first-order valence-corrected chi connectivity index (χ1v) is 17.7. The van der Waals surface area contributed by atoms with Crippen molar-refractivity contribution in [3.8, 4) is 0 Å². The van der Waals surface area contributed by atoms with Gasteiger partial charge in [-0.15, -0.1) is 0 Å². The number of carbonyl (C=O) groups excluding carboxylic acids is 3. The van der Waals surface area contributed by atoms with Crippen LogP contribution >= 0.6 is 0 Å². The number of amides is 1. The van der Waals surface area contributed by atoms with Crippen molar-refractivity contribution in [3.05, 3.63) is 153 Å². The monoisotopic (exact) mass is 816 g/mol. The molecule has 5 aromatic rings. The van der Waals surface area contributed by atoms with Gasteiger partial charge in [0, 0.05) is 18.0 Å². The van der Waals surface area contributed by atoms with Gasteiger partial charge in [0.1, 0.15) is 48.3 Å². The minimum absolute atomic E-state index is 0.0434. The van der Waals surface area contributed by atoms with E-state index >= 15 is 0 Å². The molecule has 3 aromatic carbocycles. The van der Waals surface area contributed by atoms with E-state index in [0.717, 1.165) is 9.13 Å². The molecule has 20 nitrogen and oxygen atoms in total. The van der Waals surface area contributed by atoms with Crippen molar-refractivity contribution in [3.63, 3.8) is 0 Å². The fraction of sp³-hybridized carbons (Fsp3) is 0.256. The van der Waals surface area contributed by atoms with Crippen LogP contribution < -0.4 is 22.4 Å². The zero-order valence-electron chi connectivity index (χ0n) is 30.8. The highest BCUT2D eigenvalue weighted by Gasteiger charge is 2.44.